The van der Waals surface area contributed by atoms with Crippen LogP contribution in [0, 0.1) is 16.7 Å². The summed E-state index contributed by atoms with van der Waals surface area (Å²) in [6.45, 7) is 1.09. The molecule has 272 valence electrons. The van der Waals surface area contributed by atoms with Crippen molar-refractivity contribution in [1.29, 1.82) is 0 Å². The molecule has 6 bridgehead atoms. The molecule has 1 aromatic carbocycles. The van der Waals surface area contributed by atoms with E-state index in [1.54, 1.807) is 31.3 Å². The molecule has 13 heteroatoms. The summed E-state index contributed by atoms with van der Waals surface area (Å²) < 4.78 is 12.2. The molecule has 3 heterocycles. The predicted molar refractivity (Wildman–Crippen MR) is 193 cm³/mol. The Bertz CT molecular complexity index is 1810. The predicted octanol–water partition coefficient (Wildman–Crippen LogP) is 4.85. The largest absolute Gasteiger partial charge is 0.511 e. The lowest BCUT2D eigenvalue weighted by Gasteiger charge is -2.51. The van der Waals surface area contributed by atoms with Gasteiger partial charge in [0.05, 0.1) is 24.0 Å². The molecule has 51 heavy (non-hydrogen) atoms. The minimum atomic E-state index is -2.21. The number of aromatic nitrogens is 1. The van der Waals surface area contributed by atoms with Gasteiger partial charge >= 0.3 is 0 Å². The van der Waals surface area contributed by atoms with Crippen molar-refractivity contribution in [2.45, 2.75) is 93.9 Å². The maximum absolute atomic E-state index is 14.8. The van der Waals surface area contributed by atoms with Crippen LogP contribution in [-0.2, 0) is 10.2 Å². The van der Waals surface area contributed by atoms with Gasteiger partial charge < -0.3 is 40.3 Å². The summed E-state index contributed by atoms with van der Waals surface area (Å²) in [6.07, 6.45) is 5.28. The number of nitrogens with zero attached hydrogens (tertiary/aromatic N) is 1. The number of rotatable bonds is 1. The highest BCUT2D eigenvalue weighted by atomic mass is 33.1. The second-order valence-electron chi connectivity index (χ2n) is 15.5. The lowest BCUT2D eigenvalue weighted by atomic mass is 9.60. The molecule has 4 aliphatic carbocycles. The third-order valence-electron chi connectivity index (χ3n) is 12.5. The number of fused-ring (bicyclic) bond motifs is 5. The van der Waals surface area contributed by atoms with Crippen molar-refractivity contribution in [2.75, 3.05) is 23.6 Å². The third-order valence-corrected chi connectivity index (χ3v) is 14.8. The molecule has 8 rings (SSSR count). The maximum Gasteiger partial charge on any atom is 0.229 e. The van der Waals surface area contributed by atoms with Crippen LogP contribution in [0.5, 0.6) is 5.75 Å². The first kappa shape index (κ1) is 35.1. The molecule has 6 aliphatic rings. The zero-order chi connectivity index (χ0) is 35.8. The highest BCUT2D eigenvalue weighted by Gasteiger charge is 2.62. The van der Waals surface area contributed by atoms with Crippen LogP contribution in [0.2, 0.25) is 0 Å². The molecule has 2 aliphatic heterocycles. The standard InChI is InChI=1S/C38H44N2O9S2/c1-21-13-24-30(43)23-5-4-6-25-29(23)32(45)37(24,27(42)14-21)19-50-51-20-40-28-15-22(7-12-39-28)36(11-10-35(17-36)8-2-3-9-35)18-38(47)31(44)26(16-41)49-34(48-25)33(38)46/h4-7,12-15,24,26,31,33-34,41-42,44,46-47H,2-3,8-11,16-20H2,1H3,(H,39,40). The van der Waals surface area contributed by atoms with Crippen molar-refractivity contribution in [2.24, 2.45) is 16.7 Å². The Hall–Kier alpha value is -2.91. The summed E-state index contributed by atoms with van der Waals surface area (Å²) in [5.74, 6) is -1.02. The number of Topliss-reactive ketones (excluding diaryl/α,β-unsaturated/α-hetero) is 2. The molecule has 11 nitrogen and oxygen atoms in total. The molecule has 8 unspecified atom stereocenters. The number of pyridine rings is 1. The summed E-state index contributed by atoms with van der Waals surface area (Å²) in [6, 6.07) is 8.52. The van der Waals surface area contributed by atoms with Crippen molar-refractivity contribution in [3.63, 3.8) is 0 Å². The van der Waals surface area contributed by atoms with Crippen molar-refractivity contribution in [1.82, 2.24) is 4.98 Å². The van der Waals surface area contributed by atoms with E-state index in [2.05, 4.69) is 10.3 Å². The van der Waals surface area contributed by atoms with E-state index in [4.69, 9.17) is 9.47 Å². The summed E-state index contributed by atoms with van der Waals surface area (Å²) in [7, 11) is 2.81. The van der Waals surface area contributed by atoms with Gasteiger partial charge in [0.2, 0.25) is 6.29 Å². The number of ketones is 2. The van der Waals surface area contributed by atoms with Gasteiger partial charge in [-0.25, -0.2) is 4.98 Å². The summed E-state index contributed by atoms with van der Waals surface area (Å²) >= 11 is 0. The number of anilines is 1. The monoisotopic (exact) mass is 736 g/mol. The molecular formula is C38H44N2O9S2. The van der Waals surface area contributed by atoms with Crippen LogP contribution in [0.4, 0.5) is 5.82 Å². The van der Waals surface area contributed by atoms with Crippen molar-refractivity contribution < 1.29 is 44.6 Å². The molecule has 2 saturated carbocycles. The van der Waals surface area contributed by atoms with Gasteiger partial charge in [-0.2, -0.15) is 0 Å². The van der Waals surface area contributed by atoms with Gasteiger partial charge in [0.25, 0.3) is 0 Å². The Morgan fingerprint density at radius 3 is 2.63 bits per heavy atom. The Morgan fingerprint density at radius 2 is 1.84 bits per heavy atom. The van der Waals surface area contributed by atoms with Crippen molar-refractivity contribution in [3.05, 3.63) is 76.7 Å². The number of nitrogens with one attached hydrogen (secondary N) is 1. The fourth-order valence-electron chi connectivity index (χ4n) is 9.95. The van der Waals surface area contributed by atoms with E-state index >= 15 is 0 Å². The Balaban J connectivity index is 1.26. The van der Waals surface area contributed by atoms with Crippen LogP contribution in [0.15, 0.2) is 60.0 Å². The maximum atomic E-state index is 14.8. The van der Waals surface area contributed by atoms with Crippen LogP contribution in [-0.4, -0.2) is 90.5 Å². The molecule has 1 saturated heterocycles. The summed E-state index contributed by atoms with van der Waals surface area (Å²) in [5, 5.41) is 61.6. The topological polar surface area (TPSA) is 179 Å². The van der Waals surface area contributed by atoms with Crippen LogP contribution in [0.25, 0.3) is 0 Å². The van der Waals surface area contributed by atoms with Crippen LogP contribution in [0.1, 0.15) is 84.6 Å². The lowest BCUT2D eigenvalue weighted by molar-refractivity contribution is -0.318. The fraction of sp³-hybridized carbons (Fsp3) is 0.553. The van der Waals surface area contributed by atoms with E-state index in [0.29, 0.717) is 17.3 Å². The molecular weight excluding hydrogens is 693 g/mol. The average molecular weight is 737 g/mol. The molecule has 3 spiro atoms. The van der Waals surface area contributed by atoms with Gasteiger partial charge in [-0.1, -0.05) is 58.2 Å². The van der Waals surface area contributed by atoms with Crippen molar-refractivity contribution >= 4 is 39.0 Å². The second-order valence-corrected chi connectivity index (χ2v) is 17.9. The molecule has 6 N–H and O–H groups in total. The Morgan fingerprint density at radius 1 is 1.04 bits per heavy atom. The summed E-state index contributed by atoms with van der Waals surface area (Å²) in [5.41, 5.74) is -2.74. The number of carbonyl (C=O) groups is 2. The van der Waals surface area contributed by atoms with Gasteiger partial charge in [-0.05, 0) is 86.1 Å². The van der Waals surface area contributed by atoms with Gasteiger partial charge in [-0.15, -0.1) is 0 Å². The number of aliphatic hydroxyl groups excluding tert-OH is 4. The molecule has 0 amide bonds. The Labute approximate surface area is 304 Å². The first-order chi connectivity index (χ1) is 24.5. The lowest BCUT2D eigenvalue weighted by Crippen LogP contribution is -2.69. The quantitative estimate of drug-likeness (QED) is 0.219. The van der Waals surface area contributed by atoms with E-state index in [9.17, 15) is 35.1 Å². The minimum absolute atomic E-state index is 0.0443. The number of ether oxygens (including phenoxy) is 2. The molecule has 2 aromatic rings. The summed E-state index contributed by atoms with van der Waals surface area (Å²) in [4.78, 5) is 33.6. The number of aliphatic hydroxyl groups is 5. The van der Waals surface area contributed by atoms with E-state index in [1.165, 1.54) is 33.7 Å². The number of hydrogen-bond acceptors (Lipinski definition) is 13. The van der Waals surface area contributed by atoms with E-state index in [-0.39, 0.29) is 46.0 Å². The molecule has 0 radical (unpaired) electrons. The smallest absolute Gasteiger partial charge is 0.229 e. The van der Waals surface area contributed by atoms with Gasteiger partial charge in [0.1, 0.15) is 46.7 Å². The SMILES string of the molecule is CC1=CC2C(=O)c3cccc4c3C(=O)C2(CSSCNc2cc(ccn2)C2(CCC3(CCCC3)C2)CC2(O)C(O)C(CO)OC(O4)C2O)C(O)=C1. The first-order valence-corrected chi connectivity index (χ1v) is 20.2. The second kappa shape index (κ2) is 12.9. The zero-order valence-electron chi connectivity index (χ0n) is 28.4. The van der Waals surface area contributed by atoms with Crippen molar-refractivity contribution in [3.8, 4) is 5.75 Å². The van der Waals surface area contributed by atoms with Gasteiger partial charge in [0, 0.05) is 17.5 Å². The van der Waals surface area contributed by atoms with Gasteiger partial charge in [0.15, 0.2) is 11.6 Å². The van der Waals surface area contributed by atoms with Gasteiger partial charge in [-0.3, -0.25) is 9.59 Å². The third kappa shape index (κ3) is 5.49. The van der Waals surface area contributed by atoms with E-state index < -0.39 is 59.3 Å². The number of carbonyl (C=O) groups excluding carboxylic acids is 2. The highest BCUT2D eigenvalue weighted by Crippen LogP contribution is 2.61. The normalized spacial score (nSPS) is 37.5. The number of benzene rings is 1. The fourth-order valence-corrected chi connectivity index (χ4v) is 12.2. The van der Waals surface area contributed by atoms with Crippen LogP contribution in [0.3, 0.4) is 0 Å². The highest BCUT2D eigenvalue weighted by molar-refractivity contribution is 8.76. The molecule has 8 atom stereocenters. The van der Waals surface area contributed by atoms with Crippen LogP contribution >= 0.6 is 21.6 Å². The minimum Gasteiger partial charge on any atom is -0.511 e. The average Bonchev–Trinajstić information content (AvgIpc) is 3.74. The zero-order valence-corrected chi connectivity index (χ0v) is 30.0. The molecule has 1 aromatic heterocycles. The molecule has 3 fully saturated rings. The van der Waals surface area contributed by atoms with E-state index in [1.807, 2.05) is 12.1 Å². The van der Waals surface area contributed by atoms with E-state index in [0.717, 1.165) is 50.5 Å². The Kier molecular flexibility index (Phi) is 8.88. The first-order valence-electron chi connectivity index (χ1n) is 17.7. The number of hydrogen-bond donors (Lipinski definition) is 6. The van der Waals surface area contributed by atoms with Crippen LogP contribution < -0.4 is 10.1 Å². The number of allylic oxidation sites excluding steroid dienone is 4.